The minimum atomic E-state index is -0.524. The smallest absolute Gasteiger partial charge is 0.312 e. The van der Waals surface area contributed by atoms with Crippen LogP contribution in [-0.2, 0) is 6.54 Å². The molecule has 110 valence electrons. The Labute approximate surface area is 129 Å². The van der Waals surface area contributed by atoms with Crippen molar-refractivity contribution in [2.24, 2.45) is 0 Å². The summed E-state index contributed by atoms with van der Waals surface area (Å²) in [6.45, 7) is 0.225. The molecule has 2 aromatic rings. The van der Waals surface area contributed by atoms with Gasteiger partial charge in [0.15, 0.2) is 5.75 Å². The van der Waals surface area contributed by atoms with Crippen LogP contribution in [0, 0.1) is 15.9 Å². The van der Waals surface area contributed by atoms with Crippen LogP contribution in [0.5, 0.6) is 5.75 Å². The summed E-state index contributed by atoms with van der Waals surface area (Å²) in [5.74, 6) is -0.166. The number of nitrogens with one attached hydrogen (secondary N) is 1. The largest absolute Gasteiger partial charge is 0.490 e. The molecule has 2 aromatic carbocycles. The number of nitro benzene ring substituents is 1. The zero-order chi connectivity index (χ0) is 15.4. The van der Waals surface area contributed by atoms with Crippen molar-refractivity contribution in [1.82, 2.24) is 0 Å². The fraction of sp³-hybridized carbons (Fsp3) is 0.143. The van der Waals surface area contributed by atoms with Gasteiger partial charge in [-0.1, -0.05) is 22.0 Å². The highest BCUT2D eigenvalue weighted by molar-refractivity contribution is 9.10. The van der Waals surface area contributed by atoms with Gasteiger partial charge in [-0.25, -0.2) is 4.39 Å². The summed E-state index contributed by atoms with van der Waals surface area (Å²) in [6, 6.07) is 9.24. The topological polar surface area (TPSA) is 64.4 Å². The number of halogens is 2. The molecule has 0 saturated carbocycles. The molecule has 0 aliphatic carbocycles. The summed E-state index contributed by atoms with van der Waals surface area (Å²) >= 11 is 3.18. The Morgan fingerprint density at radius 1 is 1.33 bits per heavy atom. The van der Waals surface area contributed by atoms with E-state index in [1.807, 2.05) is 0 Å². The van der Waals surface area contributed by atoms with Gasteiger partial charge in [-0.05, 0) is 24.3 Å². The zero-order valence-electron chi connectivity index (χ0n) is 11.1. The van der Waals surface area contributed by atoms with E-state index in [2.05, 4.69) is 21.2 Å². The first-order valence-electron chi connectivity index (χ1n) is 6.01. The number of rotatable bonds is 5. The summed E-state index contributed by atoms with van der Waals surface area (Å²) in [4.78, 5) is 10.4. The fourth-order valence-corrected chi connectivity index (χ4v) is 2.14. The Morgan fingerprint density at radius 2 is 2.10 bits per heavy atom. The number of nitro groups is 1. The fourth-order valence-electron chi connectivity index (χ4n) is 1.80. The van der Waals surface area contributed by atoms with Crippen LogP contribution in [0.3, 0.4) is 0 Å². The van der Waals surface area contributed by atoms with Gasteiger partial charge in [0.2, 0.25) is 0 Å². The Balaban J connectivity index is 2.16. The van der Waals surface area contributed by atoms with Gasteiger partial charge in [0, 0.05) is 28.3 Å². The third-order valence-corrected chi connectivity index (χ3v) is 3.37. The van der Waals surface area contributed by atoms with Crippen molar-refractivity contribution in [2.75, 3.05) is 12.4 Å². The molecule has 0 unspecified atom stereocenters. The van der Waals surface area contributed by atoms with Gasteiger partial charge >= 0.3 is 5.69 Å². The second kappa shape index (κ2) is 6.53. The molecule has 0 amide bonds. The van der Waals surface area contributed by atoms with E-state index >= 15 is 0 Å². The minimum Gasteiger partial charge on any atom is -0.490 e. The maximum absolute atomic E-state index is 13.7. The van der Waals surface area contributed by atoms with Gasteiger partial charge in [0.25, 0.3) is 0 Å². The van der Waals surface area contributed by atoms with Crippen LogP contribution in [0.1, 0.15) is 5.56 Å². The summed E-state index contributed by atoms with van der Waals surface area (Å²) < 4.78 is 19.3. The number of hydrogen-bond donors (Lipinski definition) is 1. The molecule has 21 heavy (non-hydrogen) atoms. The Kier molecular flexibility index (Phi) is 4.74. The second-order valence-electron chi connectivity index (χ2n) is 4.23. The number of anilines is 1. The molecule has 0 bridgehead atoms. The van der Waals surface area contributed by atoms with Crippen molar-refractivity contribution in [1.29, 1.82) is 0 Å². The molecule has 0 fully saturated rings. The first-order valence-corrected chi connectivity index (χ1v) is 6.81. The quantitative estimate of drug-likeness (QED) is 0.647. The monoisotopic (exact) mass is 354 g/mol. The van der Waals surface area contributed by atoms with Gasteiger partial charge in [-0.2, -0.15) is 0 Å². The maximum atomic E-state index is 13.7. The number of ether oxygens (including phenoxy) is 1. The molecule has 0 aliphatic heterocycles. The van der Waals surface area contributed by atoms with Crippen molar-refractivity contribution >= 4 is 27.3 Å². The molecule has 7 heteroatoms. The summed E-state index contributed by atoms with van der Waals surface area (Å²) in [5.41, 5.74) is 0.847. The summed E-state index contributed by atoms with van der Waals surface area (Å²) in [7, 11) is 1.37. The van der Waals surface area contributed by atoms with E-state index in [0.717, 1.165) is 0 Å². The van der Waals surface area contributed by atoms with Crippen LogP contribution in [0.2, 0.25) is 0 Å². The van der Waals surface area contributed by atoms with E-state index in [1.54, 1.807) is 18.2 Å². The van der Waals surface area contributed by atoms with Gasteiger partial charge in [0.05, 0.1) is 12.0 Å². The van der Waals surface area contributed by atoms with Crippen LogP contribution >= 0.6 is 15.9 Å². The van der Waals surface area contributed by atoms with E-state index in [4.69, 9.17) is 4.74 Å². The number of methoxy groups -OCH3 is 1. The highest BCUT2D eigenvalue weighted by atomic mass is 79.9. The molecule has 0 saturated heterocycles. The van der Waals surface area contributed by atoms with E-state index < -0.39 is 4.92 Å². The molecule has 0 atom stereocenters. The first kappa shape index (κ1) is 15.2. The van der Waals surface area contributed by atoms with Crippen LogP contribution < -0.4 is 10.1 Å². The van der Waals surface area contributed by atoms with Gasteiger partial charge in [-0.3, -0.25) is 10.1 Å². The van der Waals surface area contributed by atoms with Crippen LogP contribution in [-0.4, -0.2) is 12.0 Å². The van der Waals surface area contributed by atoms with E-state index in [9.17, 15) is 14.5 Å². The van der Waals surface area contributed by atoms with Crippen LogP contribution in [0.25, 0.3) is 0 Å². The molecule has 0 aromatic heterocycles. The van der Waals surface area contributed by atoms with Gasteiger partial charge < -0.3 is 10.1 Å². The van der Waals surface area contributed by atoms with Crippen molar-refractivity contribution < 1.29 is 14.1 Å². The summed E-state index contributed by atoms with van der Waals surface area (Å²) in [6.07, 6.45) is 0. The average Bonchev–Trinajstić information content (AvgIpc) is 2.46. The number of benzene rings is 2. The number of nitrogens with zero attached hydrogens (tertiary/aromatic N) is 1. The molecule has 0 heterocycles. The highest BCUT2D eigenvalue weighted by Gasteiger charge is 2.15. The SMILES string of the molecule is COc1ccc(NCc2ccc(Br)cc2F)cc1[N+](=O)[O-]. The van der Waals surface area contributed by atoms with Gasteiger partial charge in [0.1, 0.15) is 5.82 Å². The molecule has 0 radical (unpaired) electrons. The van der Waals surface area contributed by atoms with Crippen molar-refractivity contribution in [3.8, 4) is 5.75 Å². The zero-order valence-corrected chi connectivity index (χ0v) is 12.7. The molecule has 0 aliphatic rings. The third kappa shape index (κ3) is 3.69. The summed E-state index contributed by atoms with van der Waals surface area (Å²) in [5, 5.41) is 13.9. The van der Waals surface area contributed by atoms with Crippen LogP contribution in [0.15, 0.2) is 40.9 Å². The first-order chi connectivity index (χ1) is 10.0. The molecule has 1 N–H and O–H groups in total. The average molecular weight is 355 g/mol. The molecule has 2 rings (SSSR count). The Bertz CT molecular complexity index is 679. The van der Waals surface area contributed by atoms with Gasteiger partial charge in [-0.15, -0.1) is 0 Å². The van der Waals surface area contributed by atoms with Crippen LogP contribution in [0.4, 0.5) is 15.8 Å². The normalized spacial score (nSPS) is 10.2. The molecule has 5 nitrogen and oxygen atoms in total. The highest BCUT2D eigenvalue weighted by Crippen LogP contribution is 2.30. The second-order valence-corrected chi connectivity index (χ2v) is 5.15. The lowest BCUT2D eigenvalue weighted by atomic mass is 10.2. The lowest BCUT2D eigenvalue weighted by molar-refractivity contribution is -0.385. The maximum Gasteiger partial charge on any atom is 0.312 e. The molecular formula is C14H12BrFN2O3. The van der Waals surface area contributed by atoms with Crippen molar-refractivity contribution in [3.05, 3.63) is 62.4 Å². The Hall–Kier alpha value is -2.15. The third-order valence-electron chi connectivity index (χ3n) is 2.87. The molecule has 0 spiro atoms. The predicted octanol–water partition coefficient (Wildman–Crippen LogP) is 4.12. The number of hydrogen-bond acceptors (Lipinski definition) is 4. The lowest BCUT2D eigenvalue weighted by Gasteiger charge is -2.09. The van der Waals surface area contributed by atoms with E-state index in [1.165, 1.54) is 25.3 Å². The standard InChI is InChI=1S/C14H12BrFN2O3/c1-21-14-5-4-11(7-13(14)18(19)20)17-8-9-2-3-10(15)6-12(9)16/h2-7,17H,8H2,1H3. The molecular weight excluding hydrogens is 343 g/mol. The lowest BCUT2D eigenvalue weighted by Crippen LogP contribution is -2.03. The van der Waals surface area contributed by atoms with E-state index in [-0.39, 0.29) is 23.8 Å². The van der Waals surface area contributed by atoms with E-state index in [0.29, 0.717) is 15.7 Å². The Morgan fingerprint density at radius 3 is 2.71 bits per heavy atom. The van der Waals surface area contributed by atoms with Crippen molar-refractivity contribution in [2.45, 2.75) is 6.54 Å². The predicted molar refractivity (Wildman–Crippen MR) is 81.1 cm³/mol. The minimum absolute atomic E-state index is 0.140. The van der Waals surface area contributed by atoms with Crippen molar-refractivity contribution in [3.63, 3.8) is 0 Å².